The van der Waals surface area contributed by atoms with Crippen LogP contribution < -0.4 is 50.3 Å². The van der Waals surface area contributed by atoms with Crippen LogP contribution in [0.3, 0.4) is 0 Å². The molecule has 124 heavy (non-hydrogen) atoms. The van der Waals surface area contributed by atoms with Crippen LogP contribution in [0, 0.1) is 0 Å². The van der Waals surface area contributed by atoms with E-state index in [0.717, 1.165) is 116 Å². The summed E-state index contributed by atoms with van der Waals surface area (Å²) in [7, 11) is 15.3. The minimum absolute atomic E-state index is 0.0739. The van der Waals surface area contributed by atoms with Crippen LogP contribution in [-0.2, 0) is 31.1 Å². The van der Waals surface area contributed by atoms with Crippen LogP contribution in [0.2, 0.25) is 0 Å². The SMILES string of the molecule is C=CCc1cc(C=CC(=O)c2ccc(NC)cc2)c(OC)cc1O.CC=CCc1cc(C=CC(=O)c2ccc(NC)cc2)c(OC)cc1O.CCC(C)(C)c1cc(C=CC(=O)c2ccc(NC)cc2)c(OC)cc1O.CCCc1cc(C=CC(=O)c2ccc(NC)cc2)c(OC)cc1O.CCCc1cc(C=CC(=O)c2ccc(NC)cc2)c(OCC)cc1O. The number of aryl methyl sites for hydroxylation is 2. The summed E-state index contributed by atoms with van der Waals surface area (Å²) in [6.45, 7) is 18.3. The van der Waals surface area contributed by atoms with Crippen LogP contribution >= 0.6 is 0 Å². The molecule has 0 saturated carbocycles. The second kappa shape index (κ2) is 50.7. The second-order valence-corrected chi connectivity index (χ2v) is 28.9. The molecule has 0 unspecified atom stereocenters. The van der Waals surface area contributed by atoms with Crippen molar-refractivity contribution in [3.63, 3.8) is 0 Å². The Labute approximate surface area is 730 Å². The van der Waals surface area contributed by atoms with Crippen molar-refractivity contribution in [1.29, 1.82) is 0 Å². The predicted octanol–water partition coefficient (Wildman–Crippen LogP) is 22.5. The van der Waals surface area contributed by atoms with E-state index in [1.54, 1.807) is 154 Å². The van der Waals surface area contributed by atoms with Gasteiger partial charge in [-0.3, -0.25) is 24.0 Å². The highest BCUT2D eigenvalue weighted by Crippen LogP contribution is 2.40. The molecule has 0 aliphatic rings. The molecule has 0 amide bonds. The maximum atomic E-state index is 12.4. The monoisotopic (exact) mass is 1680 g/mol. The van der Waals surface area contributed by atoms with E-state index in [1.165, 1.54) is 38.5 Å². The number of nitrogens with one attached hydrogen (secondary N) is 5. The van der Waals surface area contributed by atoms with E-state index >= 15 is 0 Å². The zero-order valence-corrected chi connectivity index (χ0v) is 74.0. The molecular weight excluding hydrogens is 1560 g/mol. The highest BCUT2D eigenvalue weighted by atomic mass is 16.5. The first-order valence-corrected chi connectivity index (χ1v) is 41.0. The van der Waals surface area contributed by atoms with Gasteiger partial charge in [0.25, 0.3) is 0 Å². The lowest BCUT2D eigenvalue weighted by molar-refractivity contribution is 0.103. The average Bonchev–Trinajstić information content (AvgIpc) is 0.797. The molecule has 20 nitrogen and oxygen atoms in total. The van der Waals surface area contributed by atoms with Crippen molar-refractivity contribution in [2.24, 2.45) is 0 Å². The number of benzene rings is 10. The van der Waals surface area contributed by atoms with Crippen LogP contribution in [0.5, 0.6) is 57.5 Å². The van der Waals surface area contributed by atoms with E-state index in [1.807, 2.05) is 146 Å². The number of carbonyl (C=O) groups excluding carboxylic acids is 5. The summed E-state index contributed by atoms with van der Waals surface area (Å²) in [6, 6.07) is 53.7. The van der Waals surface area contributed by atoms with Crippen LogP contribution in [0.4, 0.5) is 28.4 Å². The van der Waals surface area contributed by atoms with Gasteiger partial charge in [-0.15, -0.1) is 6.58 Å². The number of ether oxygens (including phenoxy) is 5. The minimum atomic E-state index is -0.175. The Kier molecular flexibility index (Phi) is 40.3. The largest absolute Gasteiger partial charge is 0.508 e. The van der Waals surface area contributed by atoms with Gasteiger partial charge in [-0.25, -0.2) is 0 Å². The van der Waals surface area contributed by atoms with E-state index < -0.39 is 0 Å². The van der Waals surface area contributed by atoms with Crippen molar-refractivity contribution in [2.45, 2.75) is 98.8 Å². The molecule has 0 aliphatic carbocycles. The molecular formula is C104H119N5O15. The second-order valence-electron chi connectivity index (χ2n) is 28.9. The van der Waals surface area contributed by atoms with Gasteiger partial charge in [-0.1, -0.05) is 65.7 Å². The summed E-state index contributed by atoms with van der Waals surface area (Å²) in [5.74, 6) is 3.26. The van der Waals surface area contributed by atoms with Gasteiger partial charge in [-0.2, -0.15) is 0 Å². The molecule has 10 N–H and O–H groups in total. The first-order valence-electron chi connectivity index (χ1n) is 41.0. The molecule has 0 fully saturated rings. The summed E-state index contributed by atoms with van der Waals surface area (Å²) >= 11 is 0. The van der Waals surface area contributed by atoms with Crippen molar-refractivity contribution < 1.29 is 73.2 Å². The van der Waals surface area contributed by atoms with Gasteiger partial charge in [0, 0.05) is 155 Å². The standard InChI is InChI=1S/C22H27NO3.C21H23NO3.C21H25NO3.C20H23NO3.C20H21NO3/c1-6-22(2,3)18-13-16(21(26-5)14-20(18)25)9-12-19(24)15-7-10-17(23-4)11-8-15;1-4-5-6-16-13-17(21(25-3)14-20(16)24)9-12-19(23)15-7-10-18(22-2)11-8-15;1-4-6-16-13-17(21(25-5-2)14-20(16)24)9-12-19(23)15-7-10-18(22-3)11-8-15;2*1-4-5-15-12-16(20(24-3)13-19(15)23)8-11-18(22)14-6-9-17(21-2)10-7-14/h7-14,23,25H,6H2,1-5H3;4-5,7-14,22,24H,6H2,1-3H3;7-14,22,24H,4-6H2,1-3H3;6-13,21,23H,4-5H2,1-3H3;4,6-13,21,23H,1,5H2,2-3H3. The molecule has 0 atom stereocenters. The Hall–Kier alpha value is -14.3. The quantitative estimate of drug-likeness (QED) is 0.00992. The lowest BCUT2D eigenvalue weighted by atomic mass is 9.81. The summed E-state index contributed by atoms with van der Waals surface area (Å²) in [5, 5.41) is 65.6. The minimum Gasteiger partial charge on any atom is -0.508 e. The van der Waals surface area contributed by atoms with Gasteiger partial charge in [0.05, 0.1) is 35.0 Å². The van der Waals surface area contributed by atoms with Crippen molar-refractivity contribution in [3.05, 3.63) is 321 Å². The van der Waals surface area contributed by atoms with Gasteiger partial charge in [-0.05, 0) is 286 Å². The normalized spacial score (nSPS) is 11.0. The summed E-state index contributed by atoms with van der Waals surface area (Å²) in [5.41, 5.74) is 15.6. The Balaban J connectivity index is 0.000000240. The molecule has 0 radical (unpaired) electrons. The molecule has 10 rings (SSSR count). The van der Waals surface area contributed by atoms with Crippen molar-refractivity contribution >= 4 is 87.7 Å². The lowest BCUT2D eigenvalue weighted by Gasteiger charge is -2.25. The average molecular weight is 1680 g/mol. The molecule has 10 aromatic rings. The molecule has 10 aromatic carbocycles. The number of hydrogen-bond acceptors (Lipinski definition) is 20. The highest BCUT2D eigenvalue weighted by molar-refractivity contribution is 6.10. The maximum absolute atomic E-state index is 12.4. The number of phenolic OH excluding ortho intramolecular Hbond substituents is 5. The van der Waals surface area contributed by atoms with Gasteiger partial charge < -0.3 is 75.8 Å². The fourth-order valence-corrected chi connectivity index (χ4v) is 12.5. The fraction of sp³-hybridized carbons (Fsp3) is 0.240. The highest BCUT2D eigenvalue weighted by Gasteiger charge is 2.24. The zero-order chi connectivity index (χ0) is 90.8. The summed E-state index contributed by atoms with van der Waals surface area (Å²) < 4.78 is 26.8. The van der Waals surface area contributed by atoms with Gasteiger partial charge in [0.2, 0.25) is 0 Å². The van der Waals surface area contributed by atoms with E-state index in [0.29, 0.717) is 76.0 Å². The number of aromatic hydroxyl groups is 5. The van der Waals surface area contributed by atoms with Crippen molar-refractivity contribution in [2.75, 3.05) is 96.9 Å². The number of rotatable bonds is 36. The Morgan fingerprint density at radius 1 is 0.355 bits per heavy atom. The van der Waals surface area contributed by atoms with Gasteiger partial charge in [0.1, 0.15) is 57.5 Å². The number of phenols is 5. The third kappa shape index (κ3) is 29.6. The van der Waals surface area contributed by atoms with Crippen LogP contribution in [0.1, 0.15) is 175 Å². The number of allylic oxidation sites excluding steroid dienone is 8. The number of methoxy groups -OCH3 is 4. The van der Waals surface area contributed by atoms with E-state index in [2.05, 4.69) is 67.8 Å². The smallest absolute Gasteiger partial charge is 0.185 e. The molecule has 0 spiro atoms. The number of hydrogen-bond donors (Lipinski definition) is 10. The molecule has 650 valence electrons. The van der Waals surface area contributed by atoms with E-state index in [4.69, 9.17) is 23.7 Å². The van der Waals surface area contributed by atoms with Crippen LogP contribution in [0.25, 0.3) is 30.4 Å². The van der Waals surface area contributed by atoms with Crippen molar-refractivity contribution in [1.82, 2.24) is 0 Å². The topological polar surface area (TPSA) is 293 Å². The Morgan fingerprint density at radius 3 is 0.855 bits per heavy atom. The fourth-order valence-electron chi connectivity index (χ4n) is 12.5. The molecule has 0 aromatic heterocycles. The van der Waals surface area contributed by atoms with Gasteiger partial charge in [0.15, 0.2) is 28.9 Å². The van der Waals surface area contributed by atoms with E-state index in [-0.39, 0.29) is 63.1 Å². The van der Waals surface area contributed by atoms with Gasteiger partial charge >= 0.3 is 0 Å². The van der Waals surface area contributed by atoms with E-state index in [9.17, 15) is 49.5 Å². The summed E-state index contributed by atoms with van der Waals surface area (Å²) in [6.07, 6.45) is 27.3. The predicted molar refractivity (Wildman–Crippen MR) is 508 cm³/mol. The number of anilines is 5. The Bertz CT molecular complexity index is 5390. The molecule has 0 heterocycles. The summed E-state index contributed by atoms with van der Waals surface area (Å²) in [4.78, 5) is 61.7. The maximum Gasteiger partial charge on any atom is 0.185 e. The molecule has 0 aliphatic heterocycles. The molecule has 0 saturated heterocycles. The number of carbonyl (C=O) groups is 5. The van der Waals surface area contributed by atoms with Crippen LogP contribution in [-0.4, -0.2) is 125 Å². The Morgan fingerprint density at radius 2 is 0.605 bits per heavy atom. The first-order chi connectivity index (χ1) is 59.7. The third-order valence-corrected chi connectivity index (χ3v) is 20.1. The third-order valence-electron chi connectivity index (χ3n) is 20.1. The van der Waals surface area contributed by atoms with Crippen molar-refractivity contribution in [3.8, 4) is 57.5 Å². The lowest BCUT2D eigenvalue weighted by Crippen LogP contribution is -2.16. The zero-order valence-electron chi connectivity index (χ0n) is 74.0. The number of ketones is 5. The molecule has 0 bridgehead atoms. The van der Waals surface area contributed by atoms with Crippen LogP contribution in [0.15, 0.2) is 237 Å². The first kappa shape index (κ1) is 98.6. The molecule has 20 heteroatoms.